The zero-order valence-corrected chi connectivity index (χ0v) is 14.9. The maximum absolute atomic E-state index is 5.45. The van der Waals surface area contributed by atoms with Crippen LogP contribution in [-0.2, 0) is 0 Å². The highest BCUT2D eigenvalue weighted by molar-refractivity contribution is 5.54. The molecule has 0 bridgehead atoms. The molecule has 2 aromatic rings. The Balaban J connectivity index is 2.00. The van der Waals surface area contributed by atoms with Gasteiger partial charge in [0.05, 0.1) is 20.3 Å². The van der Waals surface area contributed by atoms with Crippen LogP contribution in [0.3, 0.4) is 0 Å². The summed E-state index contributed by atoms with van der Waals surface area (Å²) in [5, 5.41) is 3.51. The lowest BCUT2D eigenvalue weighted by atomic mass is 10.0. The van der Waals surface area contributed by atoms with Gasteiger partial charge in [-0.25, -0.2) is 0 Å². The number of rotatable bonds is 4. The molecule has 0 spiro atoms. The molecule has 1 unspecified atom stereocenters. The van der Waals surface area contributed by atoms with Gasteiger partial charge in [0.25, 0.3) is 0 Å². The normalized spacial score (nSPS) is 17.7. The topological polar surface area (TPSA) is 33.7 Å². The number of methoxy groups -OCH3 is 2. The number of aryl methyl sites for hydroxylation is 2. The van der Waals surface area contributed by atoms with Crippen molar-refractivity contribution in [1.82, 2.24) is 5.32 Å². The molecule has 4 heteroatoms. The molecule has 2 aromatic carbocycles. The van der Waals surface area contributed by atoms with E-state index in [-0.39, 0.29) is 6.04 Å². The first kappa shape index (κ1) is 16.7. The molecule has 0 aliphatic carbocycles. The highest BCUT2D eigenvalue weighted by Gasteiger charge is 2.25. The molecule has 1 atom stereocenters. The molecule has 1 heterocycles. The first-order chi connectivity index (χ1) is 11.6. The van der Waals surface area contributed by atoms with E-state index in [1.165, 1.54) is 22.4 Å². The molecule has 1 fully saturated rings. The quantitative estimate of drug-likeness (QED) is 0.933. The fraction of sp³-hybridized carbons (Fsp3) is 0.400. The van der Waals surface area contributed by atoms with Gasteiger partial charge >= 0.3 is 0 Å². The molecule has 0 saturated carbocycles. The number of hydrogen-bond acceptors (Lipinski definition) is 4. The molecular formula is C20H26N2O2. The molecule has 1 N–H and O–H groups in total. The number of nitrogens with zero attached hydrogens (tertiary/aromatic N) is 1. The van der Waals surface area contributed by atoms with Crippen LogP contribution < -0.4 is 19.7 Å². The molecule has 4 nitrogen and oxygen atoms in total. The Morgan fingerprint density at radius 2 is 1.54 bits per heavy atom. The highest BCUT2D eigenvalue weighted by Crippen LogP contribution is 2.33. The summed E-state index contributed by atoms with van der Waals surface area (Å²) in [5.74, 6) is 1.66. The zero-order valence-electron chi connectivity index (χ0n) is 14.9. The summed E-state index contributed by atoms with van der Waals surface area (Å²) in [5.41, 5.74) is 5.08. The van der Waals surface area contributed by atoms with E-state index < -0.39 is 0 Å². The lowest BCUT2D eigenvalue weighted by molar-refractivity contribution is 0.391. The highest BCUT2D eigenvalue weighted by atomic mass is 16.5. The van der Waals surface area contributed by atoms with Crippen molar-refractivity contribution in [3.05, 3.63) is 53.1 Å². The zero-order chi connectivity index (χ0) is 17.1. The second-order valence-corrected chi connectivity index (χ2v) is 6.41. The lowest BCUT2D eigenvalue weighted by Crippen LogP contribution is -2.46. The summed E-state index contributed by atoms with van der Waals surface area (Å²) in [6.45, 7) is 7.19. The molecule has 1 aliphatic heterocycles. The molecule has 1 saturated heterocycles. The minimum atomic E-state index is 0.254. The van der Waals surface area contributed by atoms with Gasteiger partial charge in [-0.3, -0.25) is 0 Å². The molecular weight excluding hydrogens is 300 g/mol. The summed E-state index contributed by atoms with van der Waals surface area (Å²) < 4.78 is 10.9. The van der Waals surface area contributed by atoms with Crippen molar-refractivity contribution in [3.8, 4) is 11.5 Å². The van der Waals surface area contributed by atoms with Crippen molar-refractivity contribution < 1.29 is 9.47 Å². The number of anilines is 1. The third kappa shape index (κ3) is 3.49. The predicted octanol–water partition coefficient (Wildman–Crippen LogP) is 3.47. The second kappa shape index (κ2) is 7.14. The van der Waals surface area contributed by atoms with Crippen LogP contribution in [0.15, 0.2) is 36.4 Å². The van der Waals surface area contributed by atoms with Crippen LogP contribution in [0.2, 0.25) is 0 Å². The number of hydrogen-bond donors (Lipinski definition) is 1. The van der Waals surface area contributed by atoms with Gasteiger partial charge in [0.1, 0.15) is 11.5 Å². The monoisotopic (exact) mass is 326 g/mol. The van der Waals surface area contributed by atoms with Crippen LogP contribution in [0.1, 0.15) is 22.7 Å². The van der Waals surface area contributed by atoms with E-state index in [1.807, 2.05) is 6.07 Å². The average Bonchev–Trinajstić information content (AvgIpc) is 2.60. The van der Waals surface area contributed by atoms with Gasteiger partial charge in [0.15, 0.2) is 0 Å². The van der Waals surface area contributed by atoms with E-state index in [1.54, 1.807) is 14.2 Å². The van der Waals surface area contributed by atoms with E-state index >= 15 is 0 Å². The molecule has 3 rings (SSSR count). The minimum absolute atomic E-state index is 0.254. The van der Waals surface area contributed by atoms with Crippen LogP contribution in [0.25, 0.3) is 0 Å². The van der Waals surface area contributed by atoms with Gasteiger partial charge in [0, 0.05) is 31.4 Å². The van der Waals surface area contributed by atoms with Gasteiger partial charge in [-0.05, 0) is 54.8 Å². The summed E-state index contributed by atoms with van der Waals surface area (Å²) >= 11 is 0. The Labute approximate surface area is 144 Å². The van der Waals surface area contributed by atoms with Crippen molar-refractivity contribution in [2.75, 3.05) is 38.8 Å². The van der Waals surface area contributed by atoms with E-state index in [0.29, 0.717) is 0 Å². The van der Waals surface area contributed by atoms with Crippen LogP contribution in [0.4, 0.5) is 5.69 Å². The van der Waals surface area contributed by atoms with Crippen LogP contribution in [0, 0.1) is 13.8 Å². The van der Waals surface area contributed by atoms with E-state index in [4.69, 9.17) is 9.47 Å². The van der Waals surface area contributed by atoms with Crippen LogP contribution in [0.5, 0.6) is 11.5 Å². The summed E-state index contributed by atoms with van der Waals surface area (Å²) in [6.07, 6.45) is 0. The molecule has 0 radical (unpaired) electrons. The van der Waals surface area contributed by atoms with Crippen molar-refractivity contribution >= 4 is 5.69 Å². The number of piperazine rings is 1. The smallest absolute Gasteiger partial charge is 0.122 e. The third-order valence-electron chi connectivity index (χ3n) is 4.54. The maximum Gasteiger partial charge on any atom is 0.122 e. The molecule has 24 heavy (non-hydrogen) atoms. The third-order valence-corrected chi connectivity index (χ3v) is 4.54. The fourth-order valence-corrected chi connectivity index (χ4v) is 3.45. The van der Waals surface area contributed by atoms with Gasteiger partial charge in [-0.1, -0.05) is 6.07 Å². The SMILES string of the molecule is COc1cc(OC)cc(C2CNCCN2c2cc(C)cc(C)c2)c1. The van der Waals surface area contributed by atoms with Crippen molar-refractivity contribution in [3.63, 3.8) is 0 Å². The maximum atomic E-state index is 5.45. The van der Waals surface area contributed by atoms with Gasteiger partial charge in [-0.2, -0.15) is 0 Å². The summed E-state index contributed by atoms with van der Waals surface area (Å²) in [4.78, 5) is 2.48. The number of benzene rings is 2. The van der Waals surface area contributed by atoms with Gasteiger partial charge < -0.3 is 19.7 Å². The van der Waals surface area contributed by atoms with Gasteiger partial charge in [0.2, 0.25) is 0 Å². The Morgan fingerprint density at radius 3 is 2.12 bits per heavy atom. The molecule has 1 aliphatic rings. The van der Waals surface area contributed by atoms with Crippen molar-refractivity contribution in [2.45, 2.75) is 19.9 Å². The number of nitrogens with one attached hydrogen (secondary N) is 1. The first-order valence-corrected chi connectivity index (χ1v) is 8.39. The van der Waals surface area contributed by atoms with Crippen molar-refractivity contribution in [1.29, 1.82) is 0 Å². The molecule has 0 amide bonds. The molecule has 0 aromatic heterocycles. The minimum Gasteiger partial charge on any atom is -0.497 e. The summed E-state index contributed by atoms with van der Waals surface area (Å²) in [6, 6.07) is 13.1. The number of ether oxygens (including phenoxy) is 2. The van der Waals surface area contributed by atoms with E-state index in [2.05, 4.69) is 54.4 Å². The Morgan fingerprint density at radius 1 is 0.917 bits per heavy atom. The Bertz CT molecular complexity index is 672. The second-order valence-electron chi connectivity index (χ2n) is 6.41. The average molecular weight is 326 g/mol. The van der Waals surface area contributed by atoms with Crippen LogP contribution >= 0.6 is 0 Å². The van der Waals surface area contributed by atoms with E-state index in [0.717, 1.165) is 31.1 Å². The van der Waals surface area contributed by atoms with E-state index in [9.17, 15) is 0 Å². The largest absolute Gasteiger partial charge is 0.497 e. The Kier molecular flexibility index (Phi) is 4.95. The lowest BCUT2D eigenvalue weighted by Gasteiger charge is -2.39. The fourth-order valence-electron chi connectivity index (χ4n) is 3.45. The van der Waals surface area contributed by atoms with Gasteiger partial charge in [-0.15, -0.1) is 0 Å². The van der Waals surface area contributed by atoms with Crippen LogP contribution in [-0.4, -0.2) is 33.9 Å². The standard InChI is InChI=1S/C20H26N2O2/c1-14-7-15(2)9-17(8-14)22-6-5-21-13-20(22)16-10-18(23-3)12-19(11-16)24-4/h7-12,20-21H,5-6,13H2,1-4H3. The first-order valence-electron chi connectivity index (χ1n) is 8.39. The molecule has 128 valence electrons. The van der Waals surface area contributed by atoms with Crippen molar-refractivity contribution in [2.24, 2.45) is 0 Å². The Hall–Kier alpha value is -2.20. The predicted molar refractivity (Wildman–Crippen MR) is 98.4 cm³/mol. The summed E-state index contributed by atoms with van der Waals surface area (Å²) in [7, 11) is 3.39.